The summed E-state index contributed by atoms with van der Waals surface area (Å²) in [5.74, 6) is -1.33. The smallest absolute Gasteiger partial charge is 0.313 e. The first-order valence-corrected chi connectivity index (χ1v) is 6.88. The van der Waals surface area contributed by atoms with E-state index in [2.05, 4.69) is 10.6 Å². The summed E-state index contributed by atoms with van der Waals surface area (Å²) in [5.41, 5.74) is 0.407. The number of hydrogen-bond donors (Lipinski definition) is 2. The van der Waals surface area contributed by atoms with Gasteiger partial charge in [0.2, 0.25) is 0 Å². The van der Waals surface area contributed by atoms with Crippen molar-refractivity contribution in [2.45, 2.75) is 31.7 Å². The van der Waals surface area contributed by atoms with Crippen LogP contribution in [0, 0.1) is 0 Å². The normalized spacial score (nSPS) is 15.3. The summed E-state index contributed by atoms with van der Waals surface area (Å²) in [4.78, 5) is 23.4. The fraction of sp³-hybridized carbons (Fsp3) is 0.385. The van der Waals surface area contributed by atoms with Crippen LogP contribution in [0.5, 0.6) is 0 Å². The Bertz CT molecular complexity index is 479. The van der Waals surface area contributed by atoms with Crippen molar-refractivity contribution in [2.75, 3.05) is 5.32 Å². The Kier molecular flexibility index (Phi) is 4.66. The van der Waals surface area contributed by atoms with E-state index in [9.17, 15) is 9.59 Å². The third kappa shape index (κ3) is 4.11. The van der Waals surface area contributed by atoms with Crippen molar-refractivity contribution < 1.29 is 9.59 Å². The van der Waals surface area contributed by atoms with E-state index >= 15 is 0 Å². The number of carbonyl (C=O) groups is 2. The first-order chi connectivity index (χ1) is 9.04. The van der Waals surface area contributed by atoms with Crippen molar-refractivity contribution >= 4 is 40.7 Å². The number of anilines is 1. The molecule has 1 aliphatic carbocycles. The molecule has 0 saturated heterocycles. The van der Waals surface area contributed by atoms with Crippen molar-refractivity contribution in [1.29, 1.82) is 0 Å². The maximum atomic E-state index is 11.7. The molecule has 1 aromatic carbocycles. The summed E-state index contributed by atoms with van der Waals surface area (Å²) in [5, 5.41) is 5.99. The second-order valence-electron chi connectivity index (χ2n) is 4.57. The Morgan fingerprint density at radius 3 is 2.16 bits per heavy atom. The first-order valence-electron chi connectivity index (χ1n) is 6.12. The minimum absolute atomic E-state index is 0.112. The van der Waals surface area contributed by atoms with Crippen LogP contribution in [0.2, 0.25) is 10.0 Å². The standard InChI is InChI=1S/C13H14Cl2N2O2/c14-8-5-9(15)7-11(6-8)17-13(19)12(18)16-10-3-1-2-4-10/h5-7,10H,1-4H2,(H,16,18)(H,17,19). The zero-order valence-corrected chi connectivity index (χ0v) is 11.7. The van der Waals surface area contributed by atoms with Crippen molar-refractivity contribution in [1.82, 2.24) is 5.32 Å². The van der Waals surface area contributed by atoms with Crippen LogP contribution in [0.1, 0.15) is 25.7 Å². The lowest BCUT2D eigenvalue weighted by atomic mass is 10.2. The van der Waals surface area contributed by atoms with Crippen molar-refractivity contribution in [2.24, 2.45) is 0 Å². The zero-order valence-electron chi connectivity index (χ0n) is 10.2. The number of benzene rings is 1. The molecule has 19 heavy (non-hydrogen) atoms. The minimum atomic E-state index is -0.703. The van der Waals surface area contributed by atoms with Gasteiger partial charge in [0, 0.05) is 21.8 Å². The van der Waals surface area contributed by atoms with Crippen molar-refractivity contribution in [3.05, 3.63) is 28.2 Å². The van der Waals surface area contributed by atoms with Gasteiger partial charge in [0.25, 0.3) is 0 Å². The fourth-order valence-corrected chi connectivity index (χ4v) is 2.66. The van der Waals surface area contributed by atoms with Crippen LogP contribution in [-0.4, -0.2) is 17.9 Å². The third-order valence-electron chi connectivity index (χ3n) is 3.02. The van der Waals surface area contributed by atoms with E-state index in [0.29, 0.717) is 15.7 Å². The number of halogens is 2. The van der Waals surface area contributed by atoms with Gasteiger partial charge in [-0.3, -0.25) is 9.59 Å². The van der Waals surface area contributed by atoms with Crippen LogP contribution in [0.4, 0.5) is 5.69 Å². The predicted molar refractivity (Wildman–Crippen MR) is 75.5 cm³/mol. The largest absolute Gasteiger partial charge is 0.345 e. The minimum Gasteiger partial charge on any atom is -0.345 e. The van der Waals surface area contributed by atoms with Gasteiger partial charge in [-0.15, -0.1) is 0 Å². The van der Waals surface area contributed by atoms with Gasteiger partial charge < -0.3 is 10.6 Å². The molecule has 0 heterocycles. The summed E-state index contributed by atoms with van der Waals surface area (Å²) < 4.78 is 0. The first kappa shape index (κ1) is 14.2. The highest BCUT2D eigenvalue weighted by Crippen LogP contribution is 2.22. The van der Waals surface area contributed by atoms with Gasteiger partial charge in [0.15, 0.2) is 0 Å². The molecule has 1 aliphatic rings. The van der Waals surface area contributed by atoms with E-state index in [1.165, 1.54) is 12.1 Å². The molecule has 1 fully saturated rings. The van der Waals surface area contributed by atoms with Gasteiger partial charge in [-0.2, -0.15) is 0 Å². The molecule has 1 saturated carbocycles. The molecular weight excluding hydrogens is 287 g/mol. The highest BCUT2D eigenvalue weighted by Gasteiger charge is 2.21. The lowest BCUT2D eigenvalue weighted by molar-refractivity contribution is -0.136. The van der Waals surface area contributed by atoms with Crippen LogP contribution in [0.25, 0.3) is 0 Å². The zero-order chi connectivity index (χ0) is 13.8. The molecule has 2 amide bonds. The maximum absolute atomic E-state index is 11.7. The second-order valence-corrected chi connectivity index (χ2v) is 5.44. The molecule has 2 rings (SSSR count). The SMILES string of the molecule is O=C(Nc1cc(Cl)cc(Cl)c1)C(=O)NC1CCCC1. The van der Waals surface area contributed by atoms with Gasteiger partial charge >= 0.3 is 11.8 Å². The molecule has 4 nitrogen and oxygen atoms in total. The van der Waals surface area contributed by atoms with Gasteiger partial charge in [0.1, 0.15) is 0 Å². The molecule has 2 N–H and O–H groups in total. The van der Waals surface area contributed by atoms with Crippen molar-refractivity contribution in [3.8, 4) is 0 Å². The van der Waals surface area contributed by atoms with E-state index in [1.807, 2.05) is 0 Å². The Balaban J connectivity index is 1.94. The monoisotopic (exact) mass is 300 g/mol. The van der Waals surface area contributed by atoms with E-state index in [4.69, 9.17) is 23.2 Å². The van der Waals surface area contributed by atoms with E-state index in [-0.39, 0.29) is 6.04 Å². The lowest BCUT2D eigenvalue weighted by Crippen LogP contribution is -2.40. The van der Waals surface area contributed by atoms with Crippen LogP contribution in [-0.2, 0) is 9.59 Å². The number of hydrogen-bond acceptors (Lipinski definition) is 2. The average molecular weight is 301 g/mol. The fourth-order valence-electron chi connectivity index (χ4n) is 2.13. The number of carbonyl (C=O) groups excluding carboxylic acids is 2. The summed E-state index contributed by atoms with van der Waals surface area (Å²) >= 11 is 11.6. The molecule has 102 valence electrons. The van der Waals surface area contributed by atoms with Crippen LogP contribution in [0.15, 0.2) is 18.2 Å². The molecule has 6 heteroatoms. The number of amides is 2. The van der Waals surface area contributed by atoms with Crippen LogP contribution >= 0.6 is 23.2 Å². The highest BCUT2D eigenvalue weighted by molar-refractivity contribution is 6.40. The summed E-state index contributed by atoms with van der Waals surface area (Å²) in [6.07, 6.45) is 4.05. The molecular formula is C13H14Cl2N2O2. The van der Waals surface area contributed by atoms with Crippen molar-refractivity contribution in [3.63, 3.8) is 0 Å². The van der Waals surface area contributed by atoms with E-state index < -0.39 is 11.8 Å². The lowest BCUT2D eigenvalue weighted by Gasteiger charge is -2.11. The molecule has 0 atom stereocenters. The number of rotatable bonds is 2. The average Bonchev–Trinajstić information content (AvgIpc) is 2.80. The Hall–Kier alpha value is -1.26. The Morgan fingerprint density at radius 1 is 1.00 bits per heavy atom. The van der Waals surface area contributed by atoms with E-state index in [0.717, 1.165) is 25.7 Å². The van der Waals surface area contributed by atoms with Crippen LogP contribution < -0.4 is 10.6 Å². The quantitative estimate of drug-likeness (QED) is 0.825. The summed E-state index contributed by atoms with van der Waals surface area (Å²) in [6.45, 7) is 0. The van der Waals surface area contributed by atoms with E-state index in [1.54, 1.807) is 6.07 Å². The molecule has 0 unspecified atom stereocenters. The molecule has 1 aromatic rings. The molecule has 0 aliphatic heterocycles. The molecule has 0 radical (unpaired) electrons. The highest BCUT2D eigenvalue weighted by atomic mass is 35.5. The summed E-state index contributed by atoms with van der Waals surface area (Å²) in [7, 11) is 0. The van der Waals surface area contributed by atoms with Gasteiger partial charge in [-0.05, 0) is 31.0 Å². The van der Waals surface area contributed by atoms with Crippen LogP contribution in [0.3, 0.4) is 0 Å². The topological polar surface area (TPSA) is 58.2 Å². The molecule has 0 bridgehead atoms. The maximum Gasteiger partial charge on any atom is 0.313 e. The molecule has 0 spiro atoms. The second kappa shape index (κ2) is 6.26. The predicted octanol–water partition coefficient (Wildman–Crippen LogP) is 2.99. The van der Waals surface area contributed by atoms with Gasteiger partial charge in [-0.1, -0.05) is 36.0 Å². The van der Waals surface area contributed by atoms with Gasteiger partial charge in [-0.25, -0.2) is 0 Å². The number of nitrogens with one attached hydrogen (secondary N) is 2. The van der Waals surface area contributed by atoms with Gasteiger partial charge in [0.05, 0.1) is 0 Å². The third-order valence-corrected chi connectivity index (χ3v) is 3.45. The Labute approximate surface area is 121 Å². The summed E-state index contributed by atoms with van der Waals surface area (Å²) in [6, 6.07) is 4.74. The molecule has 0 aromatic heterocycles. The Morgan fingerprint density at radius 2 is 1.58 bits per heavy atom.